The van der Waals surface area contributed by atoms with Gasteiger partial charge in [0.15, 0.2) is 0 Å². The smallest absolute Gasteiger partial charge is 0.0307 e. The zero-order valence-corrected chi connectivity index (χ0v) is 14.6. The molecule has 0 aliphatic rings. The van der Waals surface area contributed by atoms with Gasteiger partial charge in [-0.15, -0.1) is 0 Å². The lowest BCUT2D eigenvalue weighted by Gasteiger charge is -2.23. The summed E-state index contributed by atoms with van der Waals surface area (Å²) in [6.45, 7) is 6.69. The van der Waals surface area contributed by atoms with Crippen molar-refractivity contribution in [3.05, 3.63) is 34.3 Å². The summed E-state index contributed by atoms with van der Waals surface area (Å²) in [7, 11) is 4.25. The molecule has 2 N–H and O–H groups in total. The molecule has 1 rings (SSSR count). The van der Waals surface area contributed by atoms with Crippen LogP contribution in [-0.4, -0.2) is 50.1 Å². The third-order valence-electron chi connectivity index (χ3n) is 3.58. The molecule has 0 aromatic heterocycles. The fourth-order valence-corrected chi connectivity index (χ4v) is 2.50. The molecular weight excluding hydrogens is 314 g/mol. The molecule has 0 aliphatic carbocycles. The van der Waals surface area contributed by atoms with Crippen LogP contribution < -0.4 is 5.73 Å². The first-order valence-electron chi connectivity index (χ1n) is 7.41. The van der Waals surface area contributed by atoms with Crippen molar-refractivity contribution in [2.24, 2.45) is 5.73 Å². The topological polar surface area (TPSA) is 32.5 Å². The zero-order chi connectivity index (χ0) is 15.0. The van der Waals surface area contributed by atoms with Crippen LogP contribution in [0.5, 0.6) is 0 Å². The Morgan fingerprint density at radius 3 is 2.30 bits per heavy atom. The van der Waals surface area contributed by atoms with Gasteiger partial charge in [0.2, 0.25) is 0 Å². The summed E-state index contributed by atoms with van der Waals surface area (Å²) in [4.78, 5) is 4.73. The number of nitrogens with zero attached hydrogens (tertiary/aromatic N) is 2. The van der Waals surface area contributed by atoms with Gasteiger partial charge >= 0.3 is 0 Å². The molecule has 0 radical (unpaired) electrons. The highest BCUT2D eigenvalue weighted by molar-refractivity contribution is 9.10. The first kappa shape index (κ1) is 17.6. The van der Waals surface area contributed by atoms with Crippen LogP contribution in [0, 0.1) is 0 Å². The molecule has 0 spiro atoms. The predicted molar refractivity (Wildman–Crippen MR) is 91.0 cm³/mol. The van der Waals surface area contributed by atoms with Crippen molar-refractivity contribution < 1.29 is 0 Å². The Hall–Kier alpha value is -0.420. The number of nitrogens with two attached hydrogens (primary N) is 1. The van der Waals surface area contributed by atoms with Crippen molar-refractivity contribution in [1.82, 2.24) is 9.80 Å². The molecule has 1 aromatic carbocycles. The highest BCUT2D eigenvalue weighted by Gasteiger charge is 2.09. The van der Waals surface area contributed by atoms with Crippen LogP contribution in [0.3, 0.4) is 0 Å². The van der Waals surface area contributed by atoms with E-state index in [-0.39, 0.29) is 6.04 Å². The van der Waals surface area contributed by atoms with E-state index < -0.39 is 0 Å². The van der Waals surface area contributed by atoms with Gasteiger partial charge in [-0.1, -0.05) is 35.0 Å². The van der Waals surface area contributed by atoms with E-state index in [9.17, 15) is 0 Å². The van der Waals surface area contributed by atoms with E-state index in [2.05, 4.69) is 71.0 Å². The summed E-state index contributed by atoms with van der Waals surface area (Å²) in [5.41, 5.74) is 7.49. The van der Waals surface area contributed by atoms with Gasteiger partial charge in [0.05, 0.1) is 0 Å². The molecule has 1 aromatic rings. The minimum absolute atomic E-state index is 0.131. The molecule has 0 bridgehead atoms. The van der Waals surface area contributed by atoms with Crippen LogP contribution in [0.2, 0.25) is 0 Å². The quantitative estimate of drug-likeness (QED) is 0.748. The van der Waals surface area contributed by atoms with Gasteiger partial charge < -0.3 is 15.5 Å². The van der Waals surface area contributed by atoms with E-state index in [4.69, 9.17) is 5.73 Å². The van der Waals surface area contributed by atoms with E-state index >= 15 is 0 Å². The standard InChI is InChI=1S/C16H28BrN3/c1-4-20(12-5-11-19(2)3)13-10-16(18)14-6-8-15(17)9-7-14/h6-9,16H,4-5,10-13,18H2,1-3H3. The van der Waals surface area contributed by atoms with Gasteiger partial charge in [-0.2, -0.15) is 0 Å². The van der Waals surface area contributed by atoms with E-state index in [1.54, 1.807) is 0 Å². The Morgan fingerprint density at radius 2 is 1.75 bits per heavy atom. The lowest BCUT2D eigenvalue weighted by atomic mass is 10.0. The van der Waals surface area contributed by atoms with E-state index in [1.807, 2.05) is 0 Å². The van der Waals surface area contributed by atoms with Gasteiger partial charge in [-0.25, -0.2) is 0 Å². The number of halogens is 1. The zero-order valence-electron chi connectivity index (χ0n) is 13.0. The second-order valence-electron chi connectivity index (χ2n) is 5.54. The summed E-state index contributed by atoms with van der Waals surface area (Å²) in [5, 5.41) is 0. The van der Waals surface area contributed by atoms with Crippen LogP contribution in [0.4, 0.5) is 0 Å². The van der Waals surface area contributed by atoms with E-state index in [1.165, 1.54) is 12.0 Å². The first-order chi connectivity index (χ1) is 9.52. The minimum Gasteiger partial charge on any atom is -0.324 e. The first-order valence-corrected chi connectivity index (χ1v) is 8.20. The molecule has 0 saturated carbocycles. The Morgan fingerprint density at radius 1 is 1.10 bits per heavy atom. The van der Waals surface area contributed by atoms with Gasteiger partial charge in [-0.05, 0) is 70.8 Å². The largest absolute Gasteiger partial charge is 0.324 e. The van der Waals surface area contributed by atoms with Gasteiger partial charge in [-0.3, -0.25) is 0 Å². The maximum Gasteiger partial charge on any atom is 0.0307 e. The highest BCUT2D eigenvalue weighted by Crippen LogP contribution is 2.17. The van der Waals surface area contributed by atoms with Crippen LogP contribution in [0.15, 0.2) is 28.7 Å². The van der Waals surface area contributed by atoms with Crippen molar-refractivity contribution in [2.75, 3.05) is 40.3 Å². The molecule has 0 aliphatic heterocycles. The van der Waals surface area contributed by atoms with Crippen molar-refractivity contribution in [1.29, 1.82) is 0 Å². The molecule has 1 atom stereocenters. The molecule has 0 saturated heterocycles. The minimum atomic E-state index is 0.131. The molecule has 3 nitrogen and oxygen atoms in total. The van der Waals surface area contributed by atoms with E-state index in [0.717, 1.165) is 37.1 Å². The Balaban J connectivity index is 2.33. The van der Waals surface area contributed by atoms with Gasteiger partial charge in [0.25, 0.3) is 0 Å². The Kier molecular flexibility index (Phi) is 8.38. The van der Waals surface area contributed by atoms with Gasteiger partial charge in [0, 0.05) is 10.5 Å². The summed E-state index contributed by atoms with van der Waals surface area (Å²) >= 11 is 3.46. The van der Waals surface area contributed by atoms with Crippen molar-refractivity contribution >= 4 is 15.9 Å². The lowest BCUT2D eigenvalue weighted by Crippen LogP contribution is -2.30. The summed E-state index contributed by atoms with van der Waals surface area (Å²) < 4.78 is 1.10. The number of hydrogen-bond donors (Lipinski definition) is 1. The highest BCUT2D eigenvalue weighted by atomic mass is 79.9. The molecule has 0 amide bonds. The second-order valence-corrected chi connectivity index (χ2v) is 6.45. The maximum absolute atomic E-state index is 6.27. The fourth-order valence-electron chi connectivity index (χ4n) is 2.24. The molecule has 0 fully saturated rings. The summed E-state index contributed by atoms with van der Waals surface area (Å²) in [6, 6.07) is 8.47. The average Bonchev–Trinajstić information content (AvgIpc) is 2.42. The molecule has 4 heteroatoms. The second kappa shape index (κ2) is 9.50. The third-order valence-corrected chi connectivity index (χ3v) is 4.11. The summed E-state index contributed by atoms with van der Waals surface area (Å²) in [5.74, 6) is 0. The van der Waals surface area contributed by atoms with Crippen LogP contribution in [0.1, 0.15) is 31.4 Å². The van der Waals surface area contributed by atoms with Crippen molar-refractivity contribution in [3.8, 4) is 0 Å². The van der Waals surface area contributed by atoms with E-state index in [0.29, 0.717) is 0 Å². The molecule has 20 heavy (non-hydrogen) atoms. The number of hydrogen-bond acceptors (Lipinski definition) is 3. The lowest BCUT2D eigenvalue weighted by molar-refractivity contribution is 0.257. The van der Waals surface area contributed by atoms with Crippen LogP contribution in [-0.2, 0) is 0 Å². The normalized spacial score (nSPS) is 13.2. The third kappa shape index (κ3) is 6.84. The molecular formula is C16H28BrN3. The Labute approximate surface area is 132 Å². The average molecular weight is 342 g/mol. The SMILES string of the molecule is CCN(CCCN(C)C)CCC(N)c1ccc(Br)cc1. The van der Waals surface area contributed by atoms with Crippen LogP contribution in [0.25, 0.3) is 0 Å². The summed E-state index contributed by atoms with van der Waals surface area (Å²) in [6.07, 6.45) is 2.23. The van der Waals surface area contributed by atoms with Crippen molar-refractivity contribution in [3.63, 3.8) is 0 Å². The fraction of sp³-hybridized carbons (Fsp3) is 0.625. The van der Waals surface area contributed by atoms with Crippen LogP contribution >= 0.6 is 15.9 Å². The Bertz CT molecular complexity index is 364. The van der Waals surface area contributed by atoms with Crippen molar-refractivity contribution in [2.45, 2.75) is 25.8 Å². The number of rotatable bonds is 9. The molecule has 0 heterocycles. The molecule has 114 valence electrons. The molecule has 1 unspecified atom stereocenters. The monoisotopic (exact) mass is 341 g/mol. The maximum atomic E-state index is 6.27. The predicted octanol–water partition coefficient (Wildman–Crippen LogP) is 3.11. The number of benzene rings is 1. The van der Waals surface area contributed by atoms with Gasteiger partial charge in [0.1, 0.15) is 0 Å².